The number of nitrogens with zero attached hydrogens (tertiary/aromatic N) is 7. The van der Waals surface area contributed by atoms with Gasteiger partial charge in [0.2, 0.25) is 5.16 Å². The molecule has 348 valence electrons. The van der Waals surface area contributed by atoms with Crippen LogP contribution in [-0.2, 0) is 25.2 Å². The van der Waals surface area contributed by atoms with Crippen LogP contribution in [0.1, 0.15) is 111 Å². The Morgan fingerprint density at radius 2 is 1.44 bits per heavy atom. The number of hydrazone groups is 1. The standard InChI is InChI=1S/C51H63N9O5S/c1-10-41(64-39-21-16-18-33(5)30-39)46(61)53-36-19-17-20-38(32-36)60-49(54-56-57-60)66-44-45(58-28-14-15-29-58)55-59(48(44)63)37-25-23-35(24-26-37)52-47(62)42(11-2)65-43-27-22-34(50(6,7)12-3)31-40(43)51(8,9)13-4/h16-27,30-32,41-42,44H,10-15,28-29H2,1-9H3,(H,52,62)(H,53,61). The minimum atomic E-state index is -0.730. The van der Waals surface area contributed by atoms with E-state index in [2.05, 4.69) is 84.7 Å². The van der Waals surface area contributed by atoms with E-state index in [1.165, 1.54) is 22.3 Å². The van der Waals surface area contributed by atoms with Crippen LogP contribution in [0.25, 0.3) is 5.69 Å². The van der Waals surface area contributed by atoms with Gasteiger partial charge in [0.25, 0.3) is 17.7 Å². The number of aromatic nitrogens is 4. The van der Waals surface area contributed by atoms with Crippen molar-refractivity contribution in [1.82, 2.24) is 25.1 Å². The summed E-state index contributed by atoms with van der Waals surface area (Å²) in [4.78, 5) is 43.6. The third-order valence-corrected chi connectivity index (χ3v) is 13.9. The summed E-state index contributed by atoms with van der Waals surface area (Å²) >= 11 is 1.22. The number of hydrogen-bond donors (Lipinski definition) is 2. The normalized spacial score (nSPS) is 16.2. The number of aryl methyl sites for hydroxylation is 1. The van der Waals surface area contributed by atoms with Crippen LogP contribution in [0, 0.1) is 6.92 Å². The van der Waals surface area contributed by atoms with Crippen molar-refractivity contribution in [2.45, 2.75) is 134 Å². The Morgan fingerprint density at radius 3 is 2.11 bits per heavy atom. The minimum Gasteiger partial charge on any atom is -0.481 e. The number of likely N-dealkylation sites (tertiary alicyclic amines) is 1. The third kappa shape index (κ3) is 10.7. The molecule has 1 fully saturated rings. The van der Waals surface area contributed by atoms with Crippen molar-refractivity contribution in [2.75, 3.05) is 28.7 Å². The highest BCUT2D eigenvalue weighted by Crippen LogP contribution is 2.40. The molecule has 2 N–H and O–H groups in total. The number of rotatable bonds is 18. The van der Waals surface area contributed by atoms with Gasteiger partial charge >= 0.3 is 0 Å². The largest absolute Gasteiger partial charge is 0.481 e. The summed E-state index contributed by atoms with van der Waals surface area (Å²) in [7, 11) is 0. The van der Waals surface area contributed by atoms with E-state index in [1.54, 1.807) is 47.1 Å². The van der Waals surface area contributed by atoms with E-state index in [4.69, 9.17) is 14.6 Å². The Morgan fingerprint density at radius 1 is 0.773 bits per heavy atom. The third-order valence-electron chi connectivity index (χ3n) is 12.8. The fourth-order valence-electron chi connectivity index (χ4n) is 7.88. The summed E-state index contributed by atoms with van der Waals surface area (Å²) in [6.07, 6.45) is 3.44. The molecule has 2 aliphatic rings. The van der Waals surface area contributed by atoms with Crippen LogP contribution < -0.4 is 25.1 Å². The van der Waals surface area contributed by atoms with E-state index in [0.717, 1.165) is 55.6 Å². The van der Waals surface area contributed by atoms with E-state index in [1.807, 2.05) is 57.2 Å². The molecule has 1 saturated heterocycles. The minimum absolute atomic E-state index is 0.0118. The molecule has 0 saturated carbocycles. The second-order valence-corrected chi connectivity index (χ2v) is 19.4. The number of thioether (sulfide) groups is 1. The number of carbonyl (C=O) groups excluding carboxylic acids is 3. The van der Waals surface area contributed by atoms with Gasteiger partial charge in [-0.1, -0.05) is 97.5 Å². The van der Waals surface area contributed by atoms with Crippen molar-refractivity contribution in [2.24, 2.45) is 5.10 Å². The summed E-state index contributed by atoms with van der Waals surface area (Å²) in [6.45, 7) is 20.7. The predicted molar refractivity (Wildman–Crippen MR) is 262 cm³/mol. The van der Waals surface area contributed by atoms with Gasteiger partial charge in [0.1, 0.15) is 17.3 Å². The van der Waals surface area contributed by atoms with Crippen molar-refractivity contribution in [3.05, 3.63) is 108 Å². The molecule has 3 unspecified atom stereocenters. The molecule has 0 bridgehead atoms. The van der Waals surface area contributed by atoms with E-state index < -0.39 is 17.5 Å². The Hall–Kier alpha value is -6.22. The molecular weight excluding hydrogens is 851 g/mol. The number of amides is 3. The molecule has 0 aliphatic carbocycles. The summed E-state index contributed by atoms with van der Waals surface area (Å²) in [5, 5.41) is 24.6. The molecule has 66 heavy (non-hydrogen) atoms. The highest BCUT2D eigenvalue weighted by Gasteiger charge is 2.42. The van der Waals surface area contributed by atoms with E-state index in [-0.39, 0.29) is 28.6 Å². The van der Waals surface area contributed by atoms with Crippen molar-refractivity contribution in [1.29, 1.82) is 0 Å². The highest BCUT2D eigenvalue weighted by atomic mass is 32.2. The quantitative estimate of drug-likeness (QED) is 0.0868. The topological polar surface area (TPSA) is 156 Å². The van der Waals surface area contributed by atoms with Crippen LogP contribution in [0.3, 0.4) is 0 Å². The second kappa shape index (κ2) is 20.5. The van der Waals surface area contributed by atoms with Crippen LogP contribution in [0.2, 0.25) is 0 Å². The van der Waals surface area contributed by atoms with Gasteiger partial charge in [0.15, 0.2) is 17.5 Å². The van der Waals surface area contributed by atoms with Gasteiger partial charge < -0.3 is 25.0 Å². The molecular formula is C51H63N9O5S. The smallest absolute Gasteiger partial charge is 0.268 e. The van der Waals surface area contributed by atoms with Gasteiger partial charge in [-0.05, 0) is 138 Å². The Labute approximate surface area is 392 Å². The monoisotopic (exact) mass is 913 g/mol. The van der Waals surface area contributed by atoms with Gasteiger partial charge in [-0.15, -0.1) is 5.10 Å². The molecule has 3 atom stereocenters. The Balaban J connectivity index is 1.04. The molecule has 15 heteroatoms. The molecule has 0 spiro atoms. The maximum atomic E-state index is 14.4. The number of amidine groups is 1. The Bertz CT molecular complexity index is 2550. The van der Waals surface area contributed by atoms with Crippen molar-refractivity contribution >= 4 is 52.4 Å². The summed E-state index contributed by atoms with van der Waals surface area (Å²) in [5.41, 5.74) is 5.52. The maximum Gasteiger partial charge on any atom is 0.268 e. The first kappa shape index (κ1) is 47.7. The molecule has 2 aliphatic heterocycles. The molecule has 3 heterocycles. The molecule has 14 nitrogen and oxygen atoms in total. The van der Waals surface area contributed by atoms with Crippen LogP contribution in [0.15, 0.2) is 101 Å². The lowest BCUT2D eigenvalue weighted by Gasteiger charge is -2.31. The lowest BCUT2D eigenvalue weighted by Crippen LogP contribution is -2.37. The van der Waals surface area contributed by atoms with E-state index in [0.29, 0.717) is 52.3 Å². The number of tetrazole rings is 1. The first-order chi connectivity index (χ1) is 31.6. The van der Waals surface area contributed by atoms with E-state index in [9.17, 15) is 14.4 Å². The van der Waals surface area contributed by atoms with Crippen molar-refractivity contribution in [3.63, 3.8) is 0 Å². The predicted octanol–water partition coefficient (Wildman–Crippen LogP) is 9.85. The zero-order valence-electron chi connectivity index (χ0n) is 39.6. The van der Waals surface area contributed by atoms with Gasteiger partial charge in [-0.3, -0.25) is 14.4 Å². The lowest BCUT2D eigenvalue weighted by molar-refractivity contribution is -0.123. The van der Waals surface area contributed by atoms with Crippen LogP contribution >= 0.6 is 11.8 Å². The first-order valence-electron chi connectivity index (χ1n) is 23.1. The van der Waals surface area contributed by atoms with Gasteiger partial charge in [-0.2, -0.15) is 14.8 Å². The molecule has 5 aromatic rings. The van der Waals surface area contributed by atoms with E-state index >= 15 is 0 Å². The van der Waals surface area contributed by atoms with Crippen molar-refractivity contribution < 1.29 is 23.9 Å². The number of benzene rings is 4. The molecule has 0 radical (unpaired) electrons. The summed E-state index contributed by atoms with van der Waals surface area (Å²) < 4.78 is 14.1. The first-order valence-corrected chi connectivity index (χ1v) is 24.0. The van der Waals surface area contributed by atoms with Crippen LogP contribution in [-0.4, -0.2) is 79.2 Å². The average molecular weight is 914 g/mol. The average Bonchev–Trinajstić information content (AvgIpc) is 4.09. The van der Waals surface area contributed by atoms with Gasteiger partial charge in [-0.25, -0.2) is 0 Å². The number of nitrogens with one attached hydrogen (secondary N) is 2. The number of carbonyl (C=O) groups is 3. The number of anilines is 3. The highest BCUT2D eigenvalue weighted by molar-refractivity contribution is 8.01. The van der Waals surface area contributed by atoms with Gasteiger partial charge in [0, 0.05) is 30.0 Å². The molecule has 3 amide bonds. The van der Waals surface area contributed by atoms with Crippen molar-refractivity contribution in [3.8, 4) is 17.2 Å². The summed E-state index contributed by atoms with van der Waals surface area (Å²) in [5.74, 6) is 1.21. The number of ether oxygens (including phenoxy) is 2. The summed E-state index contributed by atoms with van der Waals surface area (Å²) in [6, 6.07) is 28.3. The Kier molecular flexibility index (Phi) is 14.8. The maximum absolute atomic E-state index is 14.4. The zero-order chi connectivity index (χ0) is 47.2. The SMILES string of the molecule is CCC(Oc1cccc(C)c1)C(=O)Nc1cccc(-n2nnnc2SC2C(=O)N(c3ccc(NC(=O)C(CC)Oc4ccc(C(C)(C)CC)cc4C(C)(C)CC)cc3)N=C2N2CCCC2)c1. The van der Waals surface area contributed by atoms with Crippen LogP contribution in [0.4, 0.5) is 17.1 Å². The molecule has 7 rings (SSSR count). The fraction of sp³-hybridized carbons (Fsp3) is 0.431. The number of hydrogen-bond acceptors (Lipinski definition) is 11. The van der Waals surface area contributed by atoms with Crippen LogP contribution in [0.5, 0.6) is 11.5 Å². The lowest BCUT2D eigenvalue weighted by atomic mass is 9.76. The fourth-order valence-corrected chi connectivity index (χ4v) is 8.92. The molecule has 4 aromatic carbocycles. The second-order valence-electron chi connectivity index (χ2n) is 18.3. The molecule has 1 aromatic heterocycles. The van der Waals surface area contributed by atoms with Gasteiger partial charge in [0.05, 0.1) is 11.4 Å². The zero-order valence-corrected chi connectivity index (χ0v) is 40.4.